The minimum atomic E-state index is 0.124. The van der Waals surface area contributed by atoms with Crippen molar-refractivity contribution in [1.82, 2.24) is 10.2 Å². The summed E-state index contributed by atoms with van der Waals surface area (Å²) in [5, 5.41) is 3.45. The molecule has 126 valence electrons. The van der Waals surface area contributed by atoms with Crippen LogP contribution in [0.25, 0.3) is 0 Å². The van der Waals surface area contributed by atoms with Crippen LogP contribution < -0.4 is 5.32 Å². The molecule has 0 saturated carbocycles. The number of hydrogen-bond acceptors (Lipinski definition) is 3. The van der Waals surface area contributed by atoms with Gasteiger partial charge in [-0.25, -0.2) is 0 Å². The van der Waals surface area contributed by atoms with Crippen LogP contribution in [-0.4, -0.2) is 43.7 Å². The highest BCUT2D eigenvalue weighted by molar-refractivity contribution is 5.78. The monoisotopic (exact) mass is 324 g/mol. The summed E-state index contributed by atoms with van der Waals surface area (Å²) in [7, 11) is 0. The van der Waals surface area contributed by atoms with Crippen LogP contribution in [0.15, 0.2) is 60.7 Å². The second-order valence-electron chi connectivity index (χ2n) is 6.03. The molecule has 0 radical (unpaired) electrons. The molecule has 2 aromatic rings. The fourth-order valence-electron chi connectivity index (χ4n) is 2.98. The van der Waals surface area contributed by atoms with Gasteiger partial charge in [-0.3, -0.25) is 4.79 Å². The van der Waals surface area contributed by atoms with Gasteiger partial charge in [0.15, 0.2) is 0 Å². The van der Waals surface area contributed by atoms with E-state index in [-0.39, 0.29) is 11.9 Å². The Bertz CT molecular complexity index is 625. The third-order valence-corrected chi connectivity index (χ3v) is 4.35. The van der Waals surface area contributed by atoms with Crippen LogP contribution in [0.2, 0.25) is 0 Å². The molecule has 4 nitrogen and oxygen atoms in total. The third-order valence-electron chi connectivity index (χ3n) is 4.35. The Labute approximate surface area is 143 Å². The third kappa shape index (κ3) is 4.66. The SMILES string of the molecule is O=C(CN[C@@H](Cc1ccccc1)c1ccccc1)N1CCOCC1. The molecule has 1 amide bonds. The summed E-state index contributed by atoms with van der Waals surface area (Å²) in [5.41, 5.74) is 2.47. The van der Waals surface area contributed by atoms with Gasteiger partial charge in [-0.1, -0.05) is 60.7 Å². The molecule has 0 spiro atoms. The van der Waals surface area contributed by atoms with E-state index in [0.717, 1.165) is 6.42 Å². The number of rotatable bonds is 6. The first kappa shape index (κ1) is 16.7. The van der Waals surface area contributed by atoms with Gasteiger partial charge in [0, 0.05) is 19.1 Å². The normalized spacial score (nSPS) is 15.9. The van der Waals surface area contributed by atoms with E-state index in [1.54, 1.807) is 0 Å². The first-order valence-corrected chi connectivity index (χ1v) is 8.51. The van der Waals surface area contributed by atoms with Crippen molar-refractivity contribution in [1.29, 1.82) is 0 Å². The van der Waals surface area contributed by atoms with Crippen LogP contribution in [0.3, 0.4) is 0 Å². The zero-order chi connectivity index (χ0) is 16.6. The summed E-state index contributed by atoms with van der Waals surface area (Å²) in [4.78, 5) is 14.3. The minimum absolute atomic E-state index is 0.124. The van der Waals surface area contributed by atoms with E-state index in [1.165, 1.54) is 11.1 Å². The van der Waals surface area contributed by atoms with Crippen molar-refractivity contribution in [2.75, 3.05) is 32.8 Å². The summed E-state index contributed by atoms with van der Waals surface area (Å²) in [6.07, 6.45) is 0.862. The number of hydrogen-bond donors (Lipinski definition) is 1. The van der Waals surface area contributed by atoms with Crippen LogP contribution in [0, 0.1) is 0 Å². The molecule has 2 aromatic carbocycles. The largest absolute Gasteiger partial charge is 0.378 e. The summed E-state index contributed by atoms with van der Waals surface area (Å²) in [6.45, 7) is 3.01. The van der Waals surface area contributed by atoms with E-state index in [9.17, 15) is 4.79 Å². The maximum Gasteiger partial charge on any atom is 0.236 e. The lowest BCUT2D eigenvalue weighted by Gasteiger charge is -2.28. The van der Waals surface area contributed by atoms with Crippen LogP contribution in [0.4, 0.5) is 0 Å². The lowest BCUT2D eigenvalue weighted by molar-refractivity contribution is -0.134. The second kappa shape index (κ2) is 8.62. The molecule has 1 aliphatic heterocycles. The molecule has 1 atom stereocenters. The van der Waals surface area contributed by atoms with Crippen molar-refractivity contribution in [3.63, 3.8) is 0 Å². The van der Waals surface area contributed by atoms with Crippen molar-refractivity contribution >= 4 is 5.91 Å². The van der Waals surface area contributed by atoms with Crippen molar-refractivity contribution < 1.29 is 9.53 Å². The van der Waals surface area contributed by atoms with Gasteiger partial charge in [-0.2, -0.15) is 0 Å². The maximum atomic E-state index is 12.4. The number of morpholine rings is 1. The van der Waals surface area contributed by atoms with E-state index in [0.29, 0.717) is 32.8 Å². The molecule has 1 aliphatic rings. The number of ether oxygens (including phenoxy) is 1. The van der Waals surface area contributed by atoms with E-state index in [2.05, 4.69) is 41.7 Å². The summed E-state index contributed by atoms with van der Waals surface area (Å²) in [6, 6.07) is 20.8. The van der Waals surface area contributed by atoms with Gasteiger partial charge >= 0.3 is 0 Å². The lowest BCUT2D eigenvalue weighted by atomic mass is 9.99. The van der Waals surface area contributed by atoms with Crippen molar-refractivity contribution in [3.8, 4) is 0 Å². The number of amides is 1. The van der Waals surface area contributed by atoms with Crippen LogP contribution >= 0.6 is 0 Å². The second-order valence-corrected chi connectivity index (χ2v) is 6.03. The van der Waals surface area contributed by atoms with Gasteiger partial charge in [-0.05, 0) is 17.5 Å². The topological polar surface area (TPSA) is 41.6 Å². The Kier molecular flexibility index (Phi) is 5.99. The van der Waals surface area contributed by atoms with Crippen molar-refractivity contribution in [2.45, 2.75) is 12.5 Å². The zero-order valence-corrected chi connectivity index (χ0v) is 13.9. The van der Waals surface area contributed by atoms with Gasteiger partial charge < -0.3 is 15.0 Å². The van der Waals surface area contributed by atoms with Gasteiger partial charge in [0.05, 0.1) is 19.8 Å². The molecule has 24 heavy (non-hydrogen) atoms. The Morgan fingerprint density at radius 1 is 1.00 bits per heavy atom. The molecule has 0 aliphatic carbocycles. The highest BCUT2D eigenvalue weighted by Crippen LogP contribution is 2.18. The van der Waals surface area contributed by atoms with Crippen molar-refractivity contribution in [3.05, 3.63) is 71.8 Å². The molecule has 0 unspecified atom stereocenters. The van der Waals surface area contributed by atoms with Gasteiger partial charge in [0.2, 0.25) is 5.91 Å². The highest BCUT2D eigenvalue weighted by Gasteiger charge is 2.19. The quantitative estimate of drug-likeness (QED) is 0.887. The Morgan fingerprint density at radius 3 is 2.29 bits per heavy atom. The molecule has 0 aromatic heterocycles. The fraction of sp³-hybridized carbons (Fsp3) is 0.350. The molecule has 1 heterocycles. The van der Waals surface area contributed by atoms with E-state index in [4.69, 9.17) is 4.74 Å². The van der Waals surface area contributed by atoms with Crippen LogP contribution in [0.1, 0.15) is 17.2 Å². The molecule has 3 rings (SSSR count). The molecule has 1 fully saturated rings. The van der Waals surface area contributed by atoms with E-state index >= 15 is 0 Å². The average molecular weight is 324 g/mol. The number of carbonyl (C=O) groups excluding carboxylic acids is 1. The van der Waals surface area contributed by atoms with Gasteiger partial charge in [0.25, 0.3) is 0 Å². The molecule has 1 saturated heterocycles. The van der Waals surface area contributed by atoms with Gasteiger partial charge in [0.1, 0.15) is 0 Å². The Balaban J connectivity index is 1.64. The predicted octanol–water partition coefficient (Wildman–Crippen LogP) is 2.42. The standard InChI is InChI=1S/C20H24N2O2/c23-20(22-11-13-24-14-12-22)16-21-19(18-9-5-2-6-10-18)15-17-7-3-1-4-8-17/h1-10,19,21H,11-16H2/t19-/m0/s1. The molecule has 1 N–H and O–H groups in total. The first-order valence-electron chi connectivity index (χ1n) is 8.51. The van der Waals surface area contributed by atoms with E-state index < -0.39 is 0 Å². The van der Waals surface area contributed by atoms with Crippen LogP contribution in [0.5, 0.6) is 0 Å². The zero-order valence-electron chi connectivity index (χ0n) is 13.9. The number of nitrogens with one attached hydrogen (secondary N) is 1. The minimum Gasteiger partial charge on any atom is -0.378 e. The number of carbonyl (C=O) groups is 1. The van der Waals surface area contributed by atoms with E-state index in [1.807, 2.05) is 29.2 Å². The first-order chi connectivity index (χ1) is 11.8. The number of nitrogens with zero attached hydrogens (tertiary/aromatic N) is 1. The highest BCUT2D eigenvalue weighted by atomic mass is 16.5. The lowest BCUT2D eigenvalue weighted by Crippen LogP contribution is -2.45. The Hall–Kier alpha value is -2.17. The summed E-state index contributed by atoms with van der Waals surface area (Å²) in [5.74, 6) is 0.146. The number of benzene rings is 2. The maximum absolute atomic E-state index is 12.4. The predicted molar refractivity (Wildman–Crippen MR) is 94.7 cm³/mol. The molecule has 0 bridgehead atoms. The molecule has 4 heteroatoms. The van der Waals surface area contributed by atoms with Crippen molar-refractivity contribution in [2.24, 2.45) is 0 Å². The summed E-state index contributed by atoms with van der Waals surface area (Å²) >= 11 is 0. The molecular formula is C20H24N2O2. The van der Waals surface area contributed by atoms with Crippen LogP contribution in [-0.2, 0) is 16.0 Å². The smallest absolute Gasteiger partial charge is 0.236 e. The fourth-order valence-corrected chi connectivity index (χ4v) is 2.98. The Morgan fingerprint density at radius 2 is 1.62 bits per heavy atom. The molecular weight excluding hydrogens is 300 g/mol. The average Bonchev–Trinajstić information content (AvgIpc) is 2.67. The summed E-state index contributed by atoms with van der Waals surface area (Å²) < 4.78 is 5.31. The van der Waals surface area contributed by atoms with Gasteiger partial charge in [-0.15, -0.1) is 0 Å².